The van der Waals surface area contributed by atoms with E-state index < -0.39 is 66.3 Å². The second-order valence-electron chi connectivity index (χ2n) is 17.4. The number of allylic oxidation sites excluding steroid dienone is 2. The van der Waals surface area contributed by atoms with Gasteiger partial charge in [0.05, 0.1) is 24.2 Å². The van der Waals surface area contributed by atoms with Crippen molar-refractivity contribution in [1.82, 2.24) is 0 Å². The number of fused-ring (bicyclic) bond motifs is 7. The number of rotatable bonds is 4. The molecule has 7 N–H and O–H groups in total. The quantitative estimate of drug-likeness (QED) is 0.177. The average molecular weight is 651 g/mol. The van der Waals surface area contributed by atoms with E-state index in [0.29, 0.717) is 25.7 Å². The van der Waals surface area contributed by atoms with E-state index in [9.17, 15) is 40.5 Å². The summed E-state index contributed by atoms with van der Waals surface area (Å²) < 4.78 is 11.5. The third-order valence-electron chi connectivity index (χ3n) is 15.4. The molecule has 1 heterocycles. The average Bonchev–Trinajstić information content (AvgIpc) is 3.00. The molecule has 10 nitrogen and oxygen atoms in total. The Morgan fingerprint density at radius 3 is 2.24 bits per heavy atom. The summed E-state index contributed by atoms with van der Waals surface area (Å²) in [6.07, 6.45) is -1.00. The van der Waals surface area contributed by atoms with Gasteiger partial charge in [-0.05, 0) is 103 Å². The largest absolute Gasteiger partial charge is 0.432 e. The number of esters is 1. The van der Waals surface area contributed by atoms with Crippen LogP contribution in [0.4, 0.5) is 0 Å². The Labute approximate surface area is 273 Å². The first-order chi connectivity index (χ1) is 21.4. The van der Waals surface area contributed by atoms with Crippen molar-refractivity contribution in [3.05, 3.63) is 11.6 Å². The van der Waals surface area contributed by atoms with E-state index in [4.69, 9.17) is 9.47 Å². The zero-order valence-electron chi connectivity index (χ0n) is 28.4. The summed E-state index contributed by atoms with van der Waals surface area (Å²) in [7, 11) is 0. The van der Waals surface area contributed by atoms with Crippen LogP contribution in [-0.2, 0) is 14.3 Å². The second-order valence-corrected chi connectivity index (χ2v) is 17.4. The molecule has 0 bridgehead atoms. The van der Waals surface area contributed by atoms with Crippen molar-refractivity contribution in [3.63, 3.8) is 0 Å². The fraction of sp³-hybridized carbons (Fsp3) is 0.917. The van der Waals surface area contributed by atoms with Crippen LogP contribution in [0.5, 0.6) is 0 Å². The maximum Gasteiger partial charge on any atom is 0.315 e. The highest BCUT2D eigenvalue weighted by molar-refractivity contribution is 5.79. The molecule has 0 aromatic carbocycles. The molecule has 10 heteroatoms. The summed E-state index contributed by atoms with van der Waals surface area (Å²) in [5.41, 5.74) is -0.653. The lowest BCUT2D eigenvalue weighted by molar-refractivity contribution is -0.298. The minimum Gasteiger partial charge on any atom is -0.432 e. The van der Waals surface area contributed by atoms with Crippen LogP contribution >= 0.6 is 0 Å². The van der Waals surface area contributed by atoms with Crippen molar-refractivity contribution < 1.29 is 50.0 Å². The van der Waals surface area contributed by atoms with E-state index in [-0.39, 0.29) is 52.4 Å². The van der Waals surface area contributed by atoms with E-state index in [2.05, 4.69) is 47.6 Å². The molecule has 16 atom stereocenters. The van der Waals surface area contributed by atoms with Gasteiger partial charge in [-0.3, -0.25) is 4.79 Å². The van der Waals surface area contributed by atoms with Crippen LogP contribution < -0.4 is 0 Å². The van der Waals surface area contributed by atoms with Crippen molar-refractivity contribution >= 4 is 5.97 Å². The molecule has 6 aliphatic rings. The summed E-state index contributed by atoms with van der Waals surface area (Å²) in [6.45, 7) is 12.8. The molecule has 6 rings (SSSR count). The molecule has 1 saturated heterocycles. The highest BCUT2D eigenvalue weighted by atomic mass is 16.7. The van der Waals surface area contributed by atoms with E-state index in [1.54, 1.807) is 0 Å². The molecule has 0 aromatic heterocycles. The van der Waals surface area contributed by atoms with Gasteiger partial charge in [0.2, 0.25) is 6.29 Å². The molecular weight excluding hydrogens is 592 g/mol. The van der Waals surface area contributed by atoms with Crippen molar-refractivity contribution in [2.45, 2.75) is 136 Å². The van der Waals surface area contributed by atoms with Crippen molar-refractivity contribution in [2.75, 3.05) is 13.2 Å². The Hall–Kier alpha value is -1.11. The van der Waals surface area contributed by atoms with Crippen molar-refractivity contribution in [1.29, 1.82) is 0 Å². The third-order valence-corrected chi connectivity index (χ3v) is 15.4. The molecule has 0 unspecified atom stereocenters. The molecule has 0 spiro atoms. The first-order valence-electron chi connectivity index (χ1n) is 17.6. The second kappa shape index (κ2) is 11.5. The van der Waals surface area contributed by atoms with Crippen LogP contribution in [-0.4, -0.2) is 97.8 Å². The summed E-state index contributed by atoms with van der Waals surface area (Å²) in [5.74, 6) is -0.204. The van der Waals surface area contributed by atoms with Crippen LogP contribution in [0.15, 0.2) is 11.6 Å². The minimum absolute atomic E-state index is 0.0102. The first-order valence-corrected chi connectivity index (χ1v) is 17.6. The first kappa shape index (κ1) is 34.7. The van der Waals surface area contributed by atoms with Gasteiger partial charge < -0.3 is 45.2 Å². The standard InChI is InChI=1S/C36H58O10/c1-18-19(16-37)9-12-36(31(44)46-30-28(42)27(41)26(40)22(17-38)45-30)14-13-34(5)20(25(18)36)7-8-24-33(4)15-21(39)29(43)32(2,3)23(33)10-11-35(24,34)6/h7,18-19,21-30,37-43H,8-17H2,1-6H3/t18-,19-,21+,22+,23-,24+,25-,26+,27-,28+,29-,30-,33-,34+,35+,36-/m0/s1. The van der Waals surface area contributed by atoms with E-state index in [1.807, 2.05) is 0 Å². The molecule has 46 heavy (non-hydrogen) atoms. The van der Waals surface area contributed by atoms with Gasteiger partial charge in [-0.15, -0.1) is 0 Å². The maximum absolute atomic E-state index is 14.4. The molecule has 0 radical (unpaired) electrons. The molecule has 0 aromatic rings. The van der Waals surface area contributed by atoms with E-state index in [1.165, 1.54) is 5.57 Å². The predicted octanol–water partition coefficient (Wildman–Crippen LogP) is 2.29. The molecule has 5 fully saturated rings. The van der Waals surface area contributed by atoms with Crippen LogP contribution in [0.2, 0.25) is 0 Å². The Morgan fingerprint density at radius 1 is 0.891 bits per heavy atom. The van der Waals surface area contributed by atoms with Crippen molar-refractivity contribution in [2.24, 2.45) is 56.7 Å². The van der Waals surface area contributed by atoms with Gasteiger partial charge in [-0.25, -0.2) is 0 Å². The lowest BCUT2D eigenvalue weighted by atomic mass is 9.33. The summed E-state index contributed by atoms with van der Waals surface area (Å²) in [5, 5.41) is 73.6. The summed E-state index contributed by atoms with van der Waals surface area (Å²) in [6, 6.07) is 0. The van der Waals surface area contributed by atoms with Crippen LogP contribution in [0, 0.1) is 56.7 Å². The maximum atomic E-state index is 14.4. The van der Waals surface area contributed by atoms with Crippen LogP contribution in [0.3, 0.4) is 0 Å². The number of hydrogen-bond donors (Lipinski definition) is 7. The Morgan fingerprint density at radius 2 is 1.59 bits per heavy atom. The number of carbonyl (C=O) groups is 1. The summed E-state index contributed by atoms with van der Waals surface area (Å²) >= 11 is 0. The smallest absolute Gasteiger partial charge is 0.315 e. The molecule has 0 amide bonds. The zero-order chi connectivity index (χ0) is 33.8. The summed E-state index contributed by atoms with van der Waals surface area (Å²) in [4.78, 5) is 14.4. The van der Waals surface area contributed by atoms with E-state index in [0.717, 1.165) is 25.7 Å². The molecule has 1 aliphatic heterocycles. The SMILES string of the molecule is C[C@H]1[C@H](CO)CC[C@]2(C(=O)O[C@@H]3O[C@H](CO)[C@@H](O)[C@H](O)[C@H]3O)CC[C@]3(C)C(=CC[C@@H]4[C@@]5(C)C[C@@H](O)[C@H](O)C(C)(C)[C@@H]5CC[C@]43C)[C@H]12. The number of carbonyl (C=O) groups excluding carboxylic acids is 1. The Balaban J connectivity index is 1.38. The van der Waals surface area contributed by atoms with Gasteiger partial charge >= 0.3 is 5.97 Å². The van der Waals surface area contributed by atoms with Gasteiger partial charge in [-0.2, -0.15) is 0 Å². The topological polar surface area (TPSA) is 177 Å². The van der Waals surface area contributed by atoms with E-state index >= 15 is 0 Å². The number of aliphatic hydroxyl groups excluding tert-OH is 7. The normalized spacial score (nSPS) is 54.8. The highest BCUT2D eigenvalue weighted by Crippen LogP contribution is 2.75. The molecule has 5 aliphatic carbocycles. The minimum atomic E-state index is -1.67. The number of aliphatic hydroxyl groups is 7. The van der Waals surface area contributed by atoms with Gasteiger partial charge in [0.15, 0.2) is 0 Å². The zero-order valence-corrected chi connectivity index (χ0v) is 28.4. The highest BCUT2D eigenvalue weighted by Gasteiger charge is 2.70. The van der Waals surface area contributed by atoms with Gasteiger partial charge in [0, 0.05) is 6.61 Å². The van der Waals surface area contributed by atoms with Gasteiger partial charge in [0.25, 0.3) is 0 Å². The predicted molar refractivity (Wildman–Crippen MR) is 168 cm³/mol. The fourth-order valence-corrected chi connectivity index (χ4v) is 12.5. The lowest BCUT2D eigenvalue weighted by Crippen LogP contribution is -2.67. The number of hydrogen-bond acceptors (Lipinski definition) is 10. The van der Waals surface area contributed by atoms with Crippen molar-refractivity contribution in [3.8, 4) is 0 Å². The molecule has 262 valence electrons. The van der Waals surface area contributed by atoms with Crippen LogP contribution in [0.1, 0.15) is 92.9 Å². The monoisotopic (exact) mass is 650 g/mol. The van der Waals surface area contributed by atoms with Gasteiger partial charge in [0.1, 0.15) is 24.4 Å². The Bertz CT molecular complexity index is 1220. The Kier molecular flexibility index (Phi) is 8.66. The molecule has 4 saturated carbocycles. The van der Waals surface area contributed by atoms with Gasteiger partial charge in [-0.1, -0.05) is 53.2 Å². The fourth-order valence-electron chi connectivity index (χ4n) is 12.5. The third kappa shape index (κ3) is 4.53. The number of ether oxygens (including phenoxy) is 2. The lowest BCUT2D eigenvalue weighted by Gasteiger charge is -2.71. The molecular formula is C36H58O10. The van der Waals surface area contributed by atoms with Crippen LogP contribution in [0.25, 0.3) is 0 Å².